The fraction of sp³-hybridized carbons (Fsp3) is 0.208. The van der Waals surface area contributed by atoms with Crippen molar-refractivity contribution in [3.8, 4) is 0 Å². The first kappa shape index (κ1) is 22.3. The smallest absolute Gasteiger partial charge is 0.208 e. The second-order valence-electron chi connectivity index (χ2n) is 7.46. The first-order valence-corrected chi connectivity index (χ1v) is 11.6. The van der Waals surface area contributed by atoms with Crippen molar-refractivity contribution in [1.29, 1.82) is 0 Å². The van der Waals surface area contributed by atoms with Crippen LogP contribution >= 0.6 is 0 Å². The molecular formula is C24H22F2N2O3S. The number of sulfone groups is 1. The van der Waals surface area contributed by atoms with Gasteiger partial charge in [-0.25, -0.2) is 17.2 Å². The van der Waals surface area contributed by atoms with Gasteiger partial charge in [-0.3, -0.25) is 9.88 Å². The van der Waals surface area contributed by atoms with Crippen LogP contribution in [0, 0.1) is 11.6 Å². The Balaban J connectivity index is 1.50. The summed E-state index contributed by atoms with van der Waals surface area (Å²) in [6.45, 7) is 3.65. The highest BCUT2D eigenvalue weighted by atomic mass is 32.2. The summed E-state index contributed by atoms with van der Waals surface area (Å²) in [5, 5.41) is 0. The van der Waals surface area contributed by atoms with Crippen molar-refractivity contribution in [1.82, 2.24) is 9.88 Å². The van der Waals surface area contributed by atoms with Crippen molar-refractivity contribution in [2.75, 3.05) is 26.3 Å². The van der Waals surface area contributed by atoms with Gasteiger partial charge in [-0.05, 0) is 54.1 Å². The van der Waals surface area contributed by atoms with Crippen LogP contribution in [0.4, 0.5) is 8.78 Å². The average molecular weight is 457 g/mol. The average Bonchev–Trinajstić information content (AvgIpc) is 2.80. The fourth-order valence-electron chi connectivity index (χ4n) is 3.43. The van der Waals surface area contributed by atoms with E-state index in [1.165, 1.54) is 36.5 Å². The summed E-state index contributed by atoms with van der Waals surface area (Å²) in [7, 11) is -3.73. The maximum Gasteiger partial charge on any atom is 0.208 e. The van der Waals surface area contributed by atoms with Gasteiger partial charge in [0, 0.05) is 37.5 Å². The van der Waals surface area contributed by atoms with Crippen molar-refractivity contribution in [2.24, 2.45) is 0 Å². The predicted molar refractivity (Wildman–Crippen MR) is 118 cm³/mol. The molecule has 0 aliphatic carbocycles. The molecule has 0 unspecified atom stereocenters. The lowest BCUT2D eigenvalue weighted by Gasteiger charge is -2.26. The van der Waals surface area contributed by atoms with Gasteiger partial charge in [0.25, 0.3) is 0 Å². The molecule has 5 nitrogen and oxygen atoms in total. The zero-order valence-corrected chi connectivity index (χ0v) is 18.1. The number of hydrogen-bond donors (Lipinski definition) is 0. The second-order valence-corrected chi connectivity index (χ2v) is 9.41. The number of morpholine rings is 1. The SMILES string of the molecule is O=S(=O)(c1ccc(C=Cc2ccc(F)cc2F)nc1)c1cccc(CN2CCOCC2)c1. The summed E-state index contributed by atoms with van der Waals surface area (Å²) in [6, 6.07) is 13.2. The molecule has 4 rings (SSSR count). The van der Waals surface area contributed by atoms with E-state index >= 15 is 0 Å². The second kappa shape index (κ2) is 9.68. The lowest BCUT2D eigenvalue weighted by molar-refractivity contribution is 0.0341. The molecular weight excluding hydrogens is 434 g/mol. The fourth-order valence-corrected chi connectivity index (χ4v) is 4.70. The van der Waals surface area contributed by atoms with Gasteiger partial charge in [0.05, 0.1) is 28.7 Å². The van der Waals surface area contributed by atoms with E-state index in [1.54, 1.807) is 24.3 Å². The summed E-state index contributed by atoms with van der Waals surface area (Å²) in [5.74, 6) is -1.33. The number of aromatic nitrogens is 1. The molecule has 1 saturated heterocycles. The number of hydrogen-bond acceptors (Lipinski definition) is 5. The van der Waals surface area contributed by atoms with E-state index in [9.17, 15) is 17.2 Å². The van der Waals surface area contributed by atoms with Crippen LogP contribution in [0.25, 0.3) is 12.2 Å². The summed E-state index contributed by atoms with van der Waals surface area (Å²) >= 11 is 0. The van der Waals surface area contributed by atoms with Crippen molar-refractivity contribution in [2.45, 2.75) is 16.3 Å². The quantitative estimate of drug-likeness (QED) is 0.557. The molecule has 2 aromatic carbocycles. The van der Waals surface area contributed by atoms with E-state index in [2.05, 4.69) is 9.88 Å². The Kier molecular flexibility index (Phi) is 6.74. The van der Waals surface area contributed by atoms with Gasteiger partial charge < -0.3 is 4.74 Å². The molecule has 0 bridgehead atoms. The summed E-state index contributed by atoms with van der Waals surface area (Å²) in [6.07, 6.45) is 4.28. The van der Waals surface area contributed by atoms with E-state index in [1.807, 2.05) is 6.07 Å². The molecule has 0 radical (unpaired) electrons. The van der Waals surface area contributed by atoms with E-state index in [0.29, 0.717) is 25.5 Å². The molecule has 2 heterocycles. The van der Waals surface area contributed by atoms with Crippen LogP contribution in [0.2, 0.25) is 0 Å². The van der Waals surface area contributed by atoms with Crippen molar-refractivity contribution in [3.63, 3.8) is 0 Å². The summed E-state index contributed by atoms with van der Waals surface area (Å²) in [5.41, 5.74) is 1.58. The first-order valence-electron chi connectivity index (χ1n) is 10.2. The third kappa shape index (κ3) is 5.27. The topological polar surface area (TPSA) is 59.5 Å². The highest BCUT2D eigenvalue weighted by Crippen LogP contribution is 2.22. The van der Waals surface area contributed by atoms with Crippen LogP contribution in [0.3, 0.4) is 0 Å². The molecule has 0 spiro atoms. The van der Waals surface area contributed by atoms with Crippen LogP contribution in [0.15, 0.2) is 70.6 Å². The molecule has 0 amide bonds. The maximum atomic E-state index is 13.7. The largest absolute Gasteiger partial charge is 0.379 e. The van der Waals surface area contributed by atoms with Crippen molar-refractivity contribution in [3.05, 3.63) is 89.2 Å². The standard InChI is InChI=1S/C24H22F2N2O3S/c25-20-6-4-19(24(26)15-20)5-7-21-8-9-23(16-27-21)32(29,30)22-3-1-2-18(14-22)17-28-10-12-31-13-11-28/h1-9,14-16H,10-13,17H2. The summed E-state index contributed by atoms with van der Waals surface area (Å²) in [4.78, 5) is 6.67. The first-order chi connectivity index (χ1) is 15.4. The third-order valence-electron chi connectivity index (χ3n) is 5.18. The zero-order chi connectivity index (χ0) is 22.6. The van der Waals surface area contributed by atoms with E-state index < -0.39 is 21.5 Å². The predicted octanol–water partition coefficient (Wildman–Crippen LogP) is 4.20. The van der Waals surface area contributed by atoms with Gasteiger partial charge in [-0.1, -0.05) is 12.1 Å². The molecule has 0 atom stereocenters. The Morgan fingerprint density at radius 3 is 2.50 bits per heavy atom. The highest BCUT2D eigenvalue weighted by molar-refractivity contribution is 7.91. The molecule has 1 fully saturated rings. The Labute approximate surface area is 185 Å². The Hall–Kier alpha value is -2.94. The molecule has 1 aliphatic heterocycles. The number of pyridine rings is 1. The monoisotopic (exact) mass is 456 g/mol. The zero-order valence-electron chi connectivity index (χ0n) is 17.2. The number of benzene rings is 2. The molecule has 0 N–H and O–H groups in total. The minimum Gasteiger partial charge on any atom is -0.379 e. The van der Waals surface area contributed by atoms with Gasteiger partial charge in [0.15, 0.2) is 0 Å². The molecule has 1 aromatic heterocycles. The Bertz CT molecular complexity index is 1220. The molecule has 32 heavy (non-hydrogen) atoms. The Morgan fingerprint density at radius 2 is 1.78 bits per heavy atom. The van der Waals surface area contributed by atoms with Crippen LogP contribution in [0.5, 0.6) is 0 Å². The Morgan fingerprint density at radius 1 is 0.969 bits per heavy atom. The van der Waals surface area contributed by atoms with Crippen LogP contribution in [0.1, 0.15) is 16.8 Å². The lowest BCUT2D eigenvalue weighted by Crippen LogP contribution is -2.35. The normalized spacial score (nSPS) is 15.3. The summed E-state index contributed by atoms with van der Waals surface area (Å²) < 4.78 is 58.2. The number of halogens is 2. The van der Waals surface area contributed by atoms with Crippen molar-refractivity contribution >= 4 is 22.0 Å². The van der Waals surface area contributed by atoms with E-state index in [4.69, 9.17) is 4.74 Å². The number of rotatable bonds is 6. The van der Waals surface area contributed by atoms with Crippen molar-refractivity contribution < 1.29 is 21.9 Å². The van der Waals surface area contributed by atoms with Gasteiger partial charge in [0.2, 0.25) is 9.84 Å². The maximum absolute atomic E-state index is 13.7. The molecule has 3 aromatic rings. The third-order valence-corrected chi connectivity index (χ3v) is 6.92. The van der Waals surface area contributed by atoms with E-state index in [0.717, 1.165) is 24.7 Å². The van der Waals surface area contributed by atoms with Crippen LogP contribution in [-0.2, 0) is 21.1 Å². The van der Waals surface area contributed by atoms with Gasteiger partial charge in [-0.15, -0.1) is 0 Å². The minimum absolute atomic E-state index is 0.0751. The lowest BCUT2D eigenvalue weighted by atomic mass is 10.2. The van der Waals surface area contributed by atoms with Gasteiger partial charge in [-0.2, -0.15) is 0 Å². The van der Waals surface area contributed by atoms with Gasteiger partial charge >= 0.3 is 0 Å². The van der Waals surface area contributed by atoms with Crippen LogP contribution in [-0.4, -0.2) is 44.6 Å². The highest BCUT2D eigenvalue weighted by Gasteiger charge is 2.19. The number of ether oxygens (including phenoxy) is 1. The molecule has 8 heteroatoms. The molecule has 166 valence electrons. The molecule has 1 aliphatic rings. The van der Waals surface area contributed by atoms with Crippen LogP contribution < -0.4 is 0 Å². The van der Waals surface area contributed by atoms with Gasteiger partial charge in [0.1, 0.15) is 11.6 Å². The number of nitrogens with zero attached hydrogens (tertiary/aromatic N) is 2. The molecule has 0 saturated carbocycles. The van der Waals surface area contributed by atoms with E-state index in [-0.39, 0.29) is 15.4 Å². The minimum atomic E-state index is -3.73.